The molecule has 2 atom stereocenters. The summed E-state index contributed by atoms with van der Waals surface area (Å²) in [5.41, 5.74) is 2.87. The third-order valence-corrected chi connectivity index (χ3v) is 8.15. The van der Waals surface area contributed by atoms with Crippen molar-refractivity contribution >= 4 is 0 Å². The van der Waals surface area contributed by atoms with Gasteiger partial charge in [-0.1, -0.05) is 139 Å². The second-order valence-corrected chi connectivity index (χ2v) is 10.8. The molecule has 2 aromatic rings. The van der Waals surface area contributed by atoms with Crippen LogP contribution in [0.15, 0.2) is 73.1 Å². The molecular weight excluding hydrogens is 436 g/mol. The summed E-state index contributed by atoms with van der Waals surface area (Å²) in [5.74, 6) is 0.449. The second-order valence-electron chi connectivity index (χ2n) is 10.8. The van der Waals surface area contributed by atoms with Crippen LogP contribution in [-0.2, 0) is 6.42 Å². The van der Waals surface area contributed by atoms with Gasteiger partial charge in [-0.15, -0.1) is 0 Å². The fourth-order valence-electron chi connectivity index (χ4n) is 6.21. The van der Waals surface area contributed by atoms with E-state index in [-0.39, 0.29) is 5.66 Å². The van der Waals surface area contributed by atoms with Crippen molar-refractivity contribution in [1.82, 2.24) is 9.80 Å². The second kappa shape index (κ2) is 15.8. The van der Waals surface area contributed by atoms with Crippen molar-refractivity contribution in [1.29, 1.82) is 0 Å². The highest BCUT2D eigenvalue weighted by Gasteiger charge is 2.49. The molecule has 0 amide bonds. The number of benzene rings is 2. The minimum Gasteiger partial charge on any atom is -0.353 e. The lowest BCUT2D eigenvalue weighted by Gasteiger charge is -2.51. The molecule has 0 saturated heterocycles. The molecule has 2 unspecified atom stereocenters. The van der Waals surface area contributed by atoms with Crippen LogP contribution in [0, 0.1) is 0 Å². The van der Waals surface area contributed by atoms with Crippen molar-refractivity contribution in [2.45, 2.75) is 116 Å². The van der Waals surface area contributed by atoms with Crippen molar-refractivity contribution < 1.29 is 0 Å². The zero-order chi connectivity index (χ0) is 25.5. The maximum Gasteiger partial charge on any atom is 0.123 e. The first-order valence-corrected chi connectivity index (χ1v) is 15.1. The molecule has 2 nitrogen and oxygen atoms in total. The molecule has 0 spiro atoms. The van der Waals surface area contributed by atoms with Crippen molar-refractivity contribution in [3.63, 3.8) is 0 Å². The predicted octanol–water partition coefficient (Wildman–Crippen LogP) is 9.54. The van der Waals surface area contributed by atoms with Gasteiger partial charge in [0.2, 0.25) is 0 Å². The average molecular weight is 489 g/mol. The van der Waals surface area contributed by atoms with Crippen LogP contribution in [0.4, 0.5) is 0 Å². The molecule has 1 heterocycles. The highest BCUT2D eigenvalue weighted by molar-refractivity contribution is 5.30. The molecule has 2 aromatic carbocycles. The Balaban J connectivity index is 1.90. The van der Waals surface area contributed by atoms with Gasteiger partial charge in [0.15, 0.2) is 0 Å². The topological polar surface area (TPSA) is 6.48 Å². The first kappa shape index (κ1) is 28.4. The number of nitrogens with zero attached hydrogens (tertiary/aromatic N) is 2. The smallest absolute Gasteiger partial charge is 0.123 e. The fourth-order valence-corrected chi connectivity index (χ4v) is 6.21. The van der Waals surface area contributed by atoms with Gasteiger partial charge in [0.05, 0.1) is 0 Å². The molecule has 0 aliphatic carbocycles. The number of unbranched alkanes of at least 4 members (excludes halogenated alkanes) is 9. The summed E-state index contributed by atoms with van der Waals surface area (Å²) in [6, 6.07) is 22.6. The molecule has 0 fully saturated rings. The molecule has 1 aliphatic rings. The zero-order valence-electron chi connectivity index (χ0n) is 23.5. The van der Waals surface area contributed by atoms with Crippen LogP contribution in [0.25, 0.3) is 0 Å². The Kier molecular flexibility index (Phi) is 12.4. The van der Waals surface area contributed by atoms with Crippen LogP contribution in [0.3, 0.4) is 0 Å². The van der Waals surface area contributed by atoms with E-state index in [1.807, 2.05) is 0 Å². The third kappa shape index (κ3) is 7.64. The van der Waals surface area contributed by atoms with E-state index < -0.39 is 0 Å². The Hall–Kier alpha value is -2.22. The Labute approximate surface area is 222 Å². The van der Waals surface area contributed by atoms with E-state index in [4.69, 9.17) is 0 Å². The lowest BCUT2D eigenvalue weighted by molar-refractivity contribution is -0.00378. The predicted molar refractivity (Wildman–Crippen MR) is 157 cm³/mol. The van der Waals surface area contributed by atoms with Gasteiger partial charge >= 0.3 is 0 Å². The summed E-state index contributed by atoms with van der Waals surface area (Å²) in [7, 11) is 0. The van der Waals surface area contributed by atoms with Gasteiger partial charge in [0.25, 0.3) is 0 Å². The third-order valence-electron chi connectivity index (χ3n) is 8.15. The summed E-state index contributed by atoms with van der Waals surface area (Å²) < 4.78 is 0. The molecule has 1 aliphatic heterocycles. The highest BCUT2D eigenvalue weighted by Crippen LogP contribution is 2.45. The maximum atomic E-state index is 2.74. The lowest BCUT2D eigenvalue weighted by atomic mass is 9.78. The average Bonchev–Trinajstić information content (AvgIpc) is 3.24. The SMILES string of the molecule is CCCCCCCCN1C=CN(CCCCCCC)C1(Cc1ccccc1)C(CC)c1ccccc1. The first-order chi connectivity index (χ1) is 17.8. The molecule has 3 rings (SSSR count). The summed E-state index contributed by atoms with van der Waals surface area (Å²) in [4.78, 5) is 5.48. The molecule has 0 bridgehead atoms. The van der Waals surface area contributed by atoms with Crippen LogP contribution >= 0.6 is 0 Å². The number of hydrogen-bond donors (Lipinski definition) is 0. The molecule has 36 heavy (non-hydrogen) atoms. The van der Waals surface area contributed by atoms with Gasteiger partial charge in [-0.05, 0) is 30.4 Å². The van der Waals surface area contributed by atoms with E-state index in [1.165, 1.54) is 81.8 Å². The largest absolute Gasteiger partial charge is 0.353 e. The fraction of sp³-hybridized carbons (Fsp3) is 0.588. The lowest BCUT2D eigenvalue weighted by Crippen LogP contribution is -2.59. The molecule has 0 N–H and O–H groups in total. The number of rotatable bonds is 18. The highest BCUT2D eigenvalue weighted by atomic mass is 15.4. The summed E-state index contributed by atoms with van der Waals surface area (Å²) in [6.45, 7) is 9.29. The summed E-state index contributed by atoms with van der Waals surface area (Å²) >= 11 is 0. The van der Waals surface area contributed by atoms with Gasteiger partial charge in [0.1, 0.15) is 5.66 Å². The van der Waals surface area contributed by atoms with Crippen LogP contribution in [0.5, 0.6) is 0 Å². The maximum absolute atomic E-state index is 2.74. The molecular formula is C34H52N2. The minimum absolute atomic E-state index is 0.0500. The van der Waals surface area contributed by atoms with Crippen LogP contribution in [0.1, 0.15) is 115 Å². The van der Waals surface area contributed by atoms with Crippen molar-refractivity contribution in [3.05, 3.63) is 84.2 Å². The Morgan fingerprint density at radius 2 is 1.06 bits per heavy atom. The van der Waals surface area contributed by atoms with E-state index in [0.717, 1.165) is 25.9 Å². The van der Waals surface area contributed by atoms with E-state index in [9.17, 15) is 0 Å². The van der Waals surface area contributed by atoms with E-state index in [2.05, 4.69) is 104 Å². The summed E-state index contributed by atoms with van der Waals surface area (Å²) in [6.07, 6.45) is 21.8. The van der Waals surface area contributed by atoms with Crippen molar-refractivity contribution in [3.8, 4) is 0 Å². The van der Waals surface area contributed by atoms with Gasteiger partial charge in [-0.25, -0.2) is 0 Å². The monoisotopic (exact) mass is 488 g/mol. The molecule has 0 radical (unpaired) electrons. The molecule has 0 aromatic heterocycles. The quantitative estimate of drug-likeness (QED) is 0.193. The Bertz CT molecular complexity index is 846. The van der Waals surface area contributed by atoms with Gasteiger partial charge in [-0.3, -0.25) is 0 Å². The van der Waals surface area contributed by atoms with Crippen molar-refractivity contribution in [2.24, 2.45) is 0 Å². The molecule has 198 valence electrons. The van der Waals surface area contributed by atoms with E-state index >= 15 is 0 Å². The van der Waals surface area contributed by atoms with Crippen LogP contribution in [-0.4, -0.2) is 28.6 Å². The Morgan fingerprint density at radius 1 is 0.583 bits per heavy atom. The van der Waals surface area contributed by atoms with E-state index in [1.54, 1.807) is 0 Å². The minimum atomic E-state index is -0.0500. The van der Waals surface area contributed by atoms with Crippen LogP contribution in [0.2, 0.25) is 0 Å². The Morgan fingerprint density at radius 3 is 1.56 bits per heavy atom. The van der Waals surface area contributed by atoms with E-state index in [0.29, 0.717) is 5.92 Å². The molecule has 2 heteroatoms. The van der Waals surface area contributed by atoms with Crippen molar-refractivity contribution in [2.75, 3.05) is 13.1 Å². The van der Waals surface area contributed by atoms with Gasteiger partial charge in [0, 0.05) is 37.8 Å². The zero-order valence-corrected chi connectivity index (χ0v) is 23.5. The normalized spacial score (nSPS) is 18.2. The summed E-state index contributed by atoms with van der Waals surface area (Å²) in [5, 5.41) is 0. The molecule has 0 saturated carbocycles. The number of hydrogen-bond acceptors (Lipinski definition) is 2. The first-order valence-electron chi connectivity index (χ1n) is 15.1. The standard InChI is InChI=1S/C34H52N2/c1-4-7-9-11-13-21-27-36-29-28-35(26-20-12-10-8-5-2)34(36,30-31-22-16-14-17-23-31)33(6-3)32-24-18-15-19-25-32/h14-19,22-25,28-29,33H,4-13,20-21,26-27,30H2,1-3H3. The van der Waals surface area contributed by atoms with Gasteiger partial charge in [-0.2, -0.15) is 0 Å². The van der Waals surface area contributed by atoms with Gasteiger partial charge < -0.3 is 9.80 Å². The van der Waals surface area contributed by atoms with Crippen LogP contribution < -0.4 is 0 Å².